The molecule has 0 aliphatic carbocycles. The molecule has 3 nitrogen and oxygen atoms in total. The van der Waals surface area contributed by atoms with Gasteiger partial charge in [-0.1, -0.05) is 0 Å². The van der Waals surface area contributed by atoms with Crippen LogP contribution in [0.2, 0.25) is 0 Å². The van der Waals surface area contributed by atoms with Crippen molar-refractivity contribution in [3.63, 3.8) is 0 Å². The zero-order chi connectivity index (χ0) is 11.0. The van der Waals surface area contributed by atoms with Gasteiger partial charge in [0.2, 0.25) is 0 Å². The lowest BCUT2D eigenvalue weighted by Gasteiger charge is -2.11. The van der Waals surface area contributed by atoms with Crippen LogP contribution in [-0.4, -0.2) is 22.1 Å². The fourth-order valence-corrected chi connectivity index (χ4v) is 2.33. The molecule has 3 rings (SSSR count). The molecule has 1 saturated heterocycles. The number of fused-ring (bicyclic) bond motifs is 1. The summed E-state index contributed by atoms with van der Waals surface area (Å²) in [6.45, 7) is 1.96. The summed E-state index contributed by atoms with van der Waals surface area (Å²) >= 11 is 0. The van der Waals surface area contributed by atoms with Crippen LogP contribution in [0.4, 0.5) is 4.39 Å². The van der Waals surface area contributed by atoms with Crippen LogP contribution in [0.3, 0.4) is 0 Å². The first-order valence-corrected chi connectivity index (χ1v) is 5.67. The number of nitrogens with one attached hydrogen (secondary N) is 1. The van der Waals surface area contributed by atoms with Crippen molar-refractivity contribution in [1.29, 1.82) is 0 Å². The Bertz CT molecular complexity index is 500. The Kier molecular flexibility index (Phi) is 2.36. The molecular formula is C12H14FN3. The van der Waals surface area contributed by atoms with Gasteiger partial charge < -0.3 is 9.88 Å². The summed E-state index contributed by atoms with van der Waals surface area (Å²) in [5.74, 6) is -0.200. The minimum absolute atomic E-state index is 0.200. The number of nitrogens with zero attached hydrogens (tertiary/aromatic N) is 2. The Morgan fingerprint density at radius 1 is 1.50 bits per heavy atom. The maximum atomic E-state index is 13.2. The number of hydrogen-bond donors (Lipinski definition) is 1. The Morgan fingerprint density at radius 2 is 2.44 bits per heavy atom. The van der Waals surface area contributed by atoms with Crippen LogP contribution >= 0.6 is 0 Å². The molecule has 1 unspecified atom stereocenters. The molecule has 4 heteroatoms. The molecule has 16 heavy (non-hydrogen) atoms. The molecule has 1 aromatic heterocycles. The maximum absolute atomic E-state index is 13.2. The van der Waals surface area contributed by atoms with E-state index in [2.05, 4.69) is 10.3 Å². The minimum atomic E-state index is -0.200. The summed E-state index contributed by atoms with van der Waals surface area (Å²) in [6, 6.07) is 5.23. The highest BCUT2D eigenvalue weighted by atomic mass is 19.1. The Hall–Kier alpha value is -1.42. The molecule has 1 aromatic carbocycles. The summed E-state index contributed by atoms with van der Waals surface area (Å²) in [4.78, 5) is 4.27. The van der Waals surface area contributed by atoms with Crippen molar-refractivity contribution in [2.75, 3.05) is 6.54 Å². The van der Waals surface area contributed by atoms with Crippen LogP contribution in [0, 0.1) is 5.82 Å². The highest BCUT2D eigenvalue weighted by molar-refractivity contribution is 5.75. The van der Waals surface area contributed by atoms with E-state index in [1.54, 1.807) is 18.5 Å². The summed E-state index contributed by atoms with van der Waals surface area (Å²) in [6.07, 6.45) is 4.21. The van der Waals surface area contributed by atoms with E-state index in [0.29, 0.717) is 6.04 Å². The SMILES string of the molecule is Fc1ccc2ncn(CC3CCCN3)c2c1. The average Bonchev–Trinajstić information content (AvgIpc) is 2.90. The predicted molar refractivity (Wildman–Crippen MR) is 60.7 cm³/mol. The second-order valence-corrected chi connectivity index (χ2v) is 4.32. The van der Waals surface area contributed by atoms with Gasteiger partial charge in [0.15, 0.2) is 0 Å². The van der Waals surface area contributed by atoms with Gasteiger partial charge in [0, 0.05) is 12.6 Å². The third-order valence-corrected chi connectivity index (χ3v) is 3.16. The molecule has 1 N–H and O–H groups in total. The van der Waals surface area contributed by atoms with E-state index in [1.807, 2.05) is 4.57 Å². The van der Waals surface area contributed by atoms with Crippen molar-refractivity contribution in [3.05, 3.63) is 30.3 Å². The number of halogens is 1. The topological polar surface area (TPSA) is 29.9 Å². The van der Waals surface area contributed by atoms with E-state index in [0.717, 1.165) is 24.1 Å². The molecule has 2 aromatic rings. The van der Waals surface area contributed by atoms with Crippen LogP contribution in [0.25, 0.3) is 11.0 Å². The van der Waals surface area contributed by atoms with Gasteiger partial charge in [-0.15, -0.1) is 0 Å². The molecule has 84 valence electrons. The molecule has 2 heterocycles. The summed E-state index contributed by atoms with van der Waals surface area (Å²) in [7, 11) is 0. The standard InChI is InChI=1S/C12H14FN3/c13-9-3-4-11-12(6-9)16(8-15-11)7-10-2-1-5-14-10/h3-4,6,8,10,14H,1-2,5,7H2. The third kappa shape index (κ3) is 1.69. The van der Waals surface area contributed by atoms with E-state index in [1.165, 1.54) is 18.9 Å². The van der Waals surface area contributed by atoms with Crippen LogP contribution in [0.1, 0.15) is 12.8 Å². The molecule has 0 radical (unpaired) electrons. The molecule has 0 amide bonds. The second kappa shape index (κ2) is 3.87. The Morgan fingerprint density at radius 3 is 3.25 bits per heavy atom. The Labute approximate surface area is 93.3 Å². The van der Waals surface area contributed by atoms with Gasteiger partial charge >= 0.3 is 0 Å². The van der Waals surface area contributed by atoms with Gasteiger partial charge in [-0.25, -0.2) is 9.37 Å². The summed E-state index contributed by atoms with van der Waals surface area (Å²) < 4.78 is 15.2. The van der Waals surface area contributed by atoms with E-state index >= 15 is 0 Å². The number of hydrogen-bond acceptors (Lipinski definition) is 2. The van der Waals surface area contributed by atoms with Crippen LogP contribution in [-0.2, 0) is 6.54 Å². The zero-order valence-corrected chi connectivity index (χ0v) is 8.99. The normalized spacial score (nSPS) is 20.7. The fourth-order valence-electron chi connectivity index (χ4n) is 2.33. The molecule has 1 aliphatic heterocycles. The number of rotatable bonds is 2. The largest absolute Gasteiger partial charge is 0.329 e. The molecule has 0 spiro atoms. The van der Waals surface area contributed by atoms with E-state index in [4.69, 9.17) is 0 Å². The van der Waals surface area contributed by atoms with Gasteiger partial charge in [-0.2, -0.15) is 0 Å². The van der Waals surface area contributed by atoms with E-state index < -0.39 is 0 Å². The average molecular weight is 219 g/mol. The lowest BCUT2D eigenvalue weighted by molar-refractivity contribution is 0.516. The number of benzene rings is 1. The van der Waals surface area contributed by atoms with Gasteiger partial charge in [-0.3, -0.25) is 0 Å². The van der Waals surface area contributed by atoms with Gasteiger partial charge in [0.05, 0.1) is 17.4 Å². The lowest BCUT2D eigenvalue weighted by atomic mass is 10.2. The van der Waals surface area contributed by atoms with Crippen molar-refractivity contribution in [1.82, 2.24) is 14.9 Å². The second-order valence-electron chi connectivity index (χ2n) is 4.32. The maximum Gasteiger partial charge on any atom is 0.125 e. The van der Waals surface area contributed by atoms with Gasteiger partial charge in [0.25, 0.3) is 0 Å². The molecule has 1 fully saturated rings. The quantitative estimate of drug-likeness (QED) is 0.836. The van der Waals surface area contributed by atoms with Crippen molar-refractivity contribution in [2.24, 2.45) is 0 Å². The highest BCUT2D eigenvalue weighted by Crippen LogP contribution is 2.16. The monoisotopic (exact) mass is 219 g/mol. The molecule has 0 saturated carbocycles. The van der Waals surface area contributed by atoms with Gasteiger partial charge in [0.1, 0.15) is 5.82 Å². The van der Waals surface area contributed by atoms with Crippen LogP contribution in [0.15, 0.2) is 24.5 Å². The summed E-state index contributed by atoms with van der Waals surface area (Å²) in [5, 5.41) is 3.43. The first-order valence-electron chi connectivity index (χ1n) is 5.67. The van der Waals surface area contributed by atoms with Crippen molar-refractivity contribution in [3.8, 4) is 0 Å². The highest BCUT2D eigenvalue weighted by Gasteiger charge is 2.15. The van der Waals surface area contributed by atoms with E-state index in [-0.39, 0.29) is 5.82 Å². The zero-order valence-electron chi connectivity index (χ0n) is 8.99. The smallest absolute Gasteiger partial charge is 0.125 e. The first-order chi connectivity index (χ1) is 7.83. The summed E-state index contributed by atoms with van der Waals surface area (Å²) in [5.41, 5.74) is 1.74. The molecule has 0 bridgehead atoms. The fraction of sp³-hybridized carbons (Fsp3) is 0.417. The molecule has 1 aliphatic rings. The molecular weight excluding hydrogens is 205 g/mol. The van der Waals surface area contributed by atoms with Crippen LogP contribution in [0.5, 0.6) is 0 Å². The van der Waals surface area contributed by atoms with Crippen LogP contribution < -0.4 is 5.32 Å². The minimum Gasteiger partial charge on any atom is -0.329 e. The van der Waals surface area contributed by atoms with E-state index in [9.17, 15) is 4.39 Å². The van der Waals surface area contributed by atoms with Crippen molar-refractivity contribution >= 4 is 11.0 Å². The first kappa shape index (κ1) is 9.78. The van der Waals surface area contributed by atoms with Gasteiger partial charge in [-0.05, 0) is 37.6 Å². The number of imidazole rings is 1. The predicted octanol–water partition coefficient (Wildman–Crippen LogP) is 1.93. The third-order valence-electron chi connectivity index (χ3n) is 3.16. The molecule has 1 atom stereocenters. The lowest BCUT2D eigenvalue weighted by Crippen LogP contribution is -2.26. The van der Waals surface area contributed by atoms with Crippen molar-refractivity contribution in [2.45, 2.75) is 25.4 Å². The Balaban J connectivity index is 1.93. The van der Waals surface area contributed by atoms with Crippen molar-refractivity contribution < 1.29 is 4.39 Å². The number of aromatic nitrogens is 2.